The summed E-state index contributed by atoms with van der Waals surface area (Å²) in [5, 5.41) is 8.91. The lowest BCUT2D eigenvalue weighted by atomic mass is 10.4. The molecule has 0 unspecified atom stereocenters. The summed E-state index contributed by atoms with van der Waals surface area (Å²) < 4.78 is 32.1. The van der Waals surface area contributed by atoms with Crippen molar-refractivity contribution in [1.82, 2.24) is 9.62 Å². The average molecular weight is 334 g/mol. The zero-order chi connectivity index (χ0) is 15.5. The molecule has 1 aromatic rings. The molecule has 1 aliphatic heterocycles. The number of rotatable bonds is 6. The lowest BCUT2D eigenvalue weighted by Crippen LogP contribution is -2.41. The van der Waals surface area contributed by atoms with Crippen molar-refractivity contribution < 1.29 is 23.1 Å². The van der Waals surface area contributed by atoms with Gasteiger partial charge in [-0.1, -0.05) is 0 Å². The Morgan fingerprint density at radius 2 is 2.14 bits per heavy atom. The molecule has 2 heterocycles. The highest BCUT2D eigenvalue weighted by Gasteiger charge is 2.22. The summed E-state index contributed by atoms with van der Waals surface area (Å²) >= 11 is 0.965. The Kier molecular flexibility index (Phi) is 5.33. The fourth-order valence-electron chi connectivity index (χ4n) is 2.08. The molecule has 2 N–H and O–H groups in total. The number of carboxylic acids is 1. The van der Waals surface area contributed by atoms with E-state index in [9.17, 15) is 13.2 Å². The predicted octanol–water partition coefficient (Wildman–Crippen LogP) is 0.365. The number of ether oxygens (including phenoxy) is 1. The SMILES string of the molecule is Cc1sc(C(=O)O)cc1S(=O)(=O)NCCN1CCOCC1. The van der Waals surface area contributed by atoms with Crippen molar-refractivity contribution >= 4 is 27.3 Å². The second-order valence-electron chi connectivity index (χ2n) is 4.69. The van der Waals surface area contributed by atoms with Gasteiger partial charge in [0.2, 0.25) is 10.0 Å². The molecule has 9 heteroatoms. The Morgan fingerprint density at radius 1 is 1.48 bits per heavy atom. The van der Waals surface area contributed by atoms with E-state index in [-0.39, 0.29) is 9.77 Å². The van der Waals surface area contributed by atoms with Gasteiger partial charge in [0.15, 0.2) is 0 Å². The van der Waals surface area contributed by atoms with E-state index in [1.165, 1.54) is 6.07 Å². The average Bonchev–Trinajstić information content (AvgIpc) is 2.83. The van der Waals surface area contributed by atoms with Gasteiger partial charge in [-0.15, -0.1) is 11.3 Å². The van der Waals surface area contributed by atoms with Crippen LogP contribution in [0.5, 0.6) is 0 Å². The number of morpholine rings is 1. The van der Waals surface area contributed by atoms with Crippen LogP contribution in [0.3, 0.4) is 0 Å². The van der Waals surface area contributed by atoms with E-state index in [0.29, 0.717) is 31.2 Å². The molecule has 0 aromatic carbocycles. The second kappa shape index (κ2) is 6.84. The van der Waals surface area contributed by atoms with Gasteiger partial charge in [-0.3, -0.25) is 4.90 Å². The molecule has 1 saturated heterocycles. The lowest BCUT2D eigenvalue weighted by Gasteiger charge is -2.26. The van der Waals surface area contributed by atoms with Gasteiger partial charge in [-0.2, -0.15) is 0 Å². The molecule has 1 fully saturated rings. The number of thiophene rings is 1. The third kappa shape index (κ3) is 4.24. The van der Waals surface area contributed by atoms with Crippen molar-refractivity contribution in [2.75, 3.05) is 39.4 Å². The van der Waals surface area contributed by atoms with Crippen LogP contribution in [0.1, 0.15) is 14.5 Å². The molecule has 0 atom stereocenters. The van der Waals surface area contributed by atoms with E-state index < -0.39 is 16.0 Å². The van der Waals surface area contributed by atoms with Crippen LogP contribution in [0, 0.1) is 6.92 Å². The van der Waals surface area contributed by atoms with Gasteiger partial charge in [0.05, 0.1) is 18.1 Å². The maximum absolute atomic E-state index is 12.2. The Bertz CT molecular complexity index is 605. The van der Waals surface area contributed by atoms with E-state index in [1.807, 2.05) is 0 Å². The predicted molar refractivity (Wildman–Crippen MR) is 78.5 cm³/mol. The highest BCUT2D eigenvalue weighted by molar-refractivity contribution is 7.89. The third-order valence-electron chi connectivity index (χ3n) is 3.20. The van der Waals surface area contributed by atoms with Crippen LogP contribution in [-0.2, 0) is 14.8 Å². The van der Waals surface area contributed by atoms with Crippen LogP contribution in [0.4, 0.5) is 0 Å². The van der Waals surface area contributed by atoms with Crippen molar-refractivity contribution in [3.05, 3.63) is 15.8 Å². The van der Waals surface area contributed by atoms with E-state index >= 15 is 0 Å². The van der Waals surface area contributed by atoms with Crippen LogP contribution < -0.4 is 4.72 Å². The summed E-state index contributed by atoms with van der Waals surface area (Å²) in [4.78, 5) is 13.6. The third-order valence-corrected chi connectivity index (χ3v) is 5.95. The maximum atomic E-state index is 12.2. The van der Waals surface area contributed by atoms with Crippen molar-refractivity contribution in [2.24, 2.45) is 0 Å². The van der Waals surface area contributed by atoms with Crippen LogP contribution in [0.2, 0.25) is 0 Å². The minimum atomic E-state index is -3.67. The van der Waals surface area contributed by atoms with Gasteiger partial charge in [-0.25, -0.2) is 17.9 Å². The van der Waals surface area contributed by atoms with Crippen LogP contribution in [-0.4, -0.2) is 63.8 Å². The number of carbonyl (C=O) groups is 1. The molecule has 0 saturated carbocycles. The zero-order valence-corrected chi connectivity index (χ0v) is 13.3. The van der Waals surface area contributed by atoms with Crippen molar-refractivity contribution in [3.8, 4) is 0 Å². The van der Waals surface area contributed by atoms with Crippen LogP contribution in [0.15, 0.2) is 11.0 Å². The van der Waals surface area contributed by atoms with E-state index in [1.54, 1.807) is 6.92 Å². The second-order valence-corrected chi connectivity index (χ2v) is 7.68. The number of aryl methyl sites for hydroxylation is 1. The first kappa shape index (κ1) is 16.4. The molecular formula is C12H18N2O5S2. The summed E-state index contributed by atoms with van der Waals surface area (Å²) in [5.41, 5.74) is 0. The van der Waals surface area contributed by atoms with Crippen LogP contribution >= 0.6 is 11.3 Å². The van der Waals surface area contributed by atoms with Crippen molar-refractivity contribution in [3.63, 3.8) is 0 Å². The quantitative estimate of drug-likeness (QED) is 0.780. The van der Waals surface area contributed by atoms with Gasteiger partial charge >= 0.3 is 5.97 Å². The molecule has 1 aliphatic rings. The number of aromatic carboxylic acids is 1. The molecular weight excluding hydrogens is 316 g/mol. The van der Waals surface area contributed by atoms with Gasteiger partial charge in [0.25, 0.3) is 0 Å². The Hall–Kier alpha value is -1.00. The number of nitrogens with zero attached hydrogens (tertiary/aromatic N) is 1. The van der Waals surface area contributed by atoms with Gasteiger partial charge < -0.3 is 9.84 Å². The summed E-state index contributed by atoms with van der Waals surface area (Å²) in [6, 6.07) is 1.21. The summed E-state index contributed by atoms with van der Waals surface area (Å²) in [6.45, 7) is 5.42. The highest BCUT2D eigenvalue weighted by Crippen LogP contribution is 2.25. The molecule has 2 rings (SSSR count). The Balaban J connectivity index is 1.96. The molecule has 7 nitrogen and oxygen atoms in total. The number of sulfonamides is 1. The molecule has 0 bridgehead atoms. The fraction of sp³-hybridized carbons (Fsp3) is 0.583. The van der Waals surface area contributed by atoms with E-state index in [0.717, 1.165) is 24.4 Å². The smallest absolute Gasteiger partial charge is 0.345 e. The minimum Gasteiger partial charge on any atom is -0.477 e. The normalized spacial score (nSPS) is 17.0. The van der Waals surface area contributed by atoms with E-state index in [4.69, 9.17) is 9.84 Å². The van der Waals surface area contributed by atoms with Gasteiger partial charge in [-0.05, 0) is 13.0 Å². The molecule has 0 aliphatic carbocycles. The largest absolute Gasteiger partial charge is 0.477 e. The molecule has 1 aromatic heterocycles. The zero-order valence-electron chi connectivity index (χ0n) is 11.7. The highest BCUT2D eigenvalue weighted by atomic mass is 32.2. The summed E-state index contributed by atoms with van der Waals surface area (Å²) in [6.07, 6.45) is 0. The standard InChI is InChI=1S/C12H18N2O5S2/c1-9-11(8-10(20-9)12(15)16)21(17,18)13-2-3-14-4-6-19-7-5-14/h8,13H,2-7H2,1H3,(H,15,16). The van der Waals surface area contributed by atoms with Gasteiger partial charge in [0, 0.05) is 31.1 Å². The number of nitrogens with one attached hydrogen (secondary N) is 1. The van der Waals surface area contributed by atoms with Gasteiger partial charge in [0.1, 0.15) is 4.88 Å². The summed E-state index contributed by atoms with van der Waals surface area (Å²) in [5.74, 6) is -1.11. The topological polar surface area (TPSA) is 95.9 Å². The number of carboxylic acid groups (broad SMARTS) is 1. The van der Waals surface area contributed by atoms with Crippen molar-refractivity contribution in [2.45, 2.75) is 11.8 Å². The van der Waals surface area contributed by atoms with Crippen molar-refractivity contribution in [1.29, 1.82) is 0 Å². The molecule has 118 valence electrons. The minimum absolute atomic E-state index is 0.0288. The monoisotopic (exact) mass is 334 g/mol. The molecule has 21 heavy (non-hydrogen) atoms. The molecule has 0 radical (unpaired) electrons. The first-order valence-corrected chi connectivity index (χ1v) is 8.83. The van der Waals surface area contributed by atoms with E-state index in [2.05, 4.69) is 9.62 Å². The number of hydrogen-bond acceptors (Lipinski definition) is 6. The first-order chi connectivity index (χ1) is 9.90. The Morgan fingerprint density at radius 3 is 2.71 bits per heavy atom. The lowest BCUT2D eigenvalue weighted by molar-refractivity contribution is 0.0390. The van der Waals surface area contributed by atoms with Crippen LogP contribution in [0.25, 0.3) is 0 Å². The molecule has 0 spiro atoms. The molecule has 0 amide bonds. The fourth-order valence-corrected chi connectivity index (χ4v) is 4.53. The summed E-state index contributed by atoms with van der Waals surface area (Å²) in [7, 11) is -3.67. The Labute approximate surface area is 127 Å². The first-order valence-electron chi connectivity index (χ1n) is 6.53. The maximum Gasteiger partial charge on any atom is 0.345 e. The number of hydrogen-bond donors (Lipinski definition) is 2.